The summed E-state index contributed by atoms with van der Waals surface area (Å²) in [5.41, 5.74) is 0.772. The third kappa shape index (κ3) is 4.64. The summed E-state index contributed by atoms with van der Waals surface area (Å²) in [6, 6.07) is 10.1. The van der Waals surface area contributed by atoms with Gasteiger partial charge in [-0.3, -0.25) is 19.8 Å². The number of nitro benzene ring substituents is 1. The van der Waals surface area contributed by atoms with Crippen molar-refractivity contribution in [3.05, 3.63) is 64.0 Å². The Morgan fingerprint density at radius 1 is 1.29 bits per heavy atom. The molecule has 1 saturated heterocycles. The lowest BCUT2D eigenvalue weighted by Gasteiger charge is -2.22. The predicted molar refractivity (Wildman–Crippen MR) is 105 cm³/mol. The molecule has 1 amide bonds. The topological polar surface area (TPSA) is 87.5 Å². The van der Waals surface area contributed by atoms with Crippen molar-refractivity contribution in [3.63, 3.8) is 0 Å². The van der Waals surface area contributed by atoms with Crippen LogP contribution in [-0.4, -0.2) is 41.4 Å². The fourth-order valence-corrected chi connectivity index (χ4v) is 3.47. The van der Waals surface area contributed by atoms with Crippen LogP contribution in [0, 0.1) is 15.9 Å². The Morgan fingerprint density at radius 3 is 2.71 bits per heavy atom. The smallest absolute Gasteiger partial charge is 0.293 e. The monoisotopic (exact) mass is 386 g/mol. The second kappa shape index (κ2) is 8.79. The minimum atomic E-state index is -0.543. The second-order valence-corrected chi connectivity index (χ2v) is 6.76. The van der Waals surface area contributed by atoms with Gasteiger partial charge in [0.05, 0.1) is 4.92 Å². The number of hydrogen-bond donors (Lipinski definition) is 2. The Morgan fingerprint density at radius 2 is 2.04 bits per heavy atom. The summed E-state index contributed by atoms with van der Waals surface area (Å²) in [5.74, 6) is -0.727. The number of likely N-dealkylation sites (N-methyl/N-ethyl adjacent to an activating group) is 1. The molecule has 1 atom stereocenters. The molecular weight excluding hydrogens is 363 g/mol. The maximum Gasteiger partial charge on any atom is 0.293 e. The van der Waals surface area contributed by atoms with E-state index in [2.05, 4.69) is 22.5 Å². The lowest BCUT2D eigenvalue weighted by molar-refractivity contribution is -0.383. The van der Waals surface area contributed by atoms with Crippen molar-refractivity contribution < 1.29 is 14.1 Å². The first-order valence-corrected chi connectivity index (χ1v) is 9.31. The summed E-state index contributed by atoms with van der Waals surface area (Å²) in [5, 5.41) is 17.2. The van der Waals surface area contributed by atoms with Gasteiger partial charge in [0, 0.05) is 29.9 Å². The van der Waals surface area contributed by atoms with Crippen LogP contribution in [0.3, 0.4) is 0 Å². The molecule has 1 aliphatic heterocycles. The number of amides is 1. The lowest BCUT2D eigenvalue weighted by Crippen LogP contribution is -2.40. The van der Waals surface area contributed by atoms with E-state index in [-0.39, 0.29) is 22.8 Å². The van der Waals surface area contributed by atoms with E-state index < -0.39 is 10.7 Å². The van der Waals surface area contributed by atoms with Gasteiger partial charge in [0.15, 0.2) is 0 Å². The first-order valence-electron chi connectivity index (χ1n) is 9.31. The molecule has 0 radical (unpaired) electrons. The van der Waals surface area contributed by atoms with Crippen molar-refractivity contribution in [2.75, 3.05) is 25.0 Å². The van der Waals surface area contributed by atoms with Crippen LogP contribution in [-0.2, 0) is 0 Å². The van der Waals surface area contributed by atoms with Gasteiger partial charge in [-0.15, -0.1) is 0 Å². The number of carbonyl (C=O) groups is 1. The first-order chi connectivity index (χ1) is 13.5. The molecule has 8 heteroatoms. The van der Waals surface area contributed by atoms with Gasteiger partial charge in [-0.05, 0) is 62.3 Å². The average Bonchev–Trinajstić information content (AvgIpc) is 3.15. The van der Waals surface area contributed by atoms with Gasteiger partial charge >= 0.3 is 0 Å². The van der Waals surface area contributed by atoms with Gasteiger partial charge in [-0.2, -0.15) is 0 Å². The summed E-state index contributed by atoms with van der Waals surface area (Å²) in [7, 11) is 0. The number of carbonyl (C=O) groups excluding carboxylic acids is 1. The Hall–Kier alpha value is -3.00. The molecule has 1 fully saturated rings. The number of hydrogen-bond acceptors (Lipinski definition) is 5. The van der Waals surface area contributed by atoms with Crippen LogP contribution in [0.25, 0.3) is 0 Å². The van der Waals surface area contributed by atoms with Crippen LogP contribution >= 0.6 is 0 Å². The van der Waals surface area contributed by atoms with E-state index in [1.54, 1.807) is 6.07 Å². The highest BCUT2D eigenvalue weighted by atomic mass is 19.1. The molecule has 1 aliphatic rings. The molecule has 1 unspecified atom stereocenters. The fourth-order valence-electron chi connectivity index (χ4n) is 3.47. The van der Waals surface area contributed by atoms with Crippen LogP contribution < -0.4 is 10.6 Å². The van der Waals surface area contributed by atoms with E-state index in [4.69, 9.17) is 0 Å². The first kappa shape index (κ1) is 19.8. The van der Waals surface area contributed by atoms with Crippen molar-refractivity contribution in [2.45, 2.75) is 25.8 Å². The molecule has 0 aliphatic carbocycles. The minimum Gasteiger partial charge on any atom is -0.350 e. The van der Waals surface area contributed by atoms with Gasteiger partial charge in [0.2, 0.25) is 0 Å². The van der Waals surface area contributed by atoms with Crippen LogP contribution in [0.5, 0.6) is 0 Å². The molecule has 0 bridgehead atoms. The number of nitrogens with zero attached hydrogens (tertiary/aromatic N) is 2. The number of nitrogens with one attached hydrogen (secondary N) is 2. The standard InChI is InChI=1S/C20H23FN4O3/c1-2-24-11-3-4-17(24)13-22-20(26)14-5-10-18(19(12-14)25(27)28)23-16-8-6-15(21)7-9-16/h5-10,12,17,23H,2-4,11,13H2,1H3,(H,22,26). The Bertz CT molecular complexity index is 857. The zero-order chi connectivity index (χ0) is 20.1. The van der Waals surface area contributed by atoms with Crippen LogP contribution in [0.2, 0.25) is 0 Å². The quantitative estimate of drug-likeness (QED) is 0.560. The van der Waals surface area contributed by atoms with E-state index >= 15 is 0 Å². The highest BCUT2D eigenvalue weighted by Crippen LogP contribution is 2.29. The average molecular weight is 386 g/mol. The maximum absolute atomic E-state index is 13.0. The summed E-state index contributed by atoms with van der Waals surface area (Å²) in [4.78, 5) is 25.7. The SMILES string of the molecule is CCN1CCCC1CNC(=O)c1ccc(Nc2ccc(F)cc2)c([N+](=O)[O-])c1. The molecular formula is C20H23FN4O3. The zero-order valence-electron chi connectivity index (χ0n) is 15.7. The van der Waals surface area contributed by atoms with Gasteiger partial charge in [0.25, 0.3) is 11.6 Å². The molecule has 148 valence electrons. The Labute approximate surface area is 162 Å². The molecule has 0 spiro atoms. The Balaban J connectivity index is 1.71. The van der Waals surface area contributed by atoms with Crippen molar-refractivity contribution in [3.8, 4) is 0 Å². The summed E-state index contributed by atoms with van der Waals surface area (Å²) in [6.45, 7) is 4.59. The van der Waals surface area contributed by atoms with Gasteiger partial charge in [-0.25, -0.2) is 4.39 Å². The number of nitro groups is 1. The summed E-state index contributed by atoms with van der Waals surface area (Å²) < 4.78 is 13.0. The van der Waals surface area contributed by atoms with Crippen molar-refractivity contribution in [1.82, 2.24) is 10.2 Å². The van der Waals surface area contributed by atoms with Crippen LogP contribution in [0.15, 0.2) is 42.5 Å². The second-order valence-electron chi connectivity index (χ2n) is 6.76. The molecule has 0 aromatic heterocycles. The number of anilines is 2. The molecule has 3 rings (SSSR count). The number of benzene rings is 2. The fraction of sp³-hybridized carbons (Fsp3) is 0.350. The van der Waals surface area contributed by atoms with Crippen molar-refractivity contribution in [2.24, 2.45) is 0 Å². The molecule has 7 nitrogen and oxygen atoms in total. The van der Waals surface area contributed by atoms with Gasteiger partial charge in [-0.1, -0.05) is 6.92 Å². The largest absolute Gasteiger partial charge is 0.350 e. The highest BCUT2D eigenvalue weighted by Gasteiger charge is 2.24. The number of likely N-dealkylation sites (tertiary alicyclic amines) is 1. The van der Waals surface area contributed by atoms with E-state index in [1.165, 1.54) is 36.4 Å². The molecule has 28 heavy (non-hydrogen) atoms. The molecule has 2 aromatic rings. The van der Waals surface area contributed by atoms with Gasteiger partial charge < -0.3 is 10.6 Å². The Kier molecular flexibility index (Phi) is 6.20. The van der Waals surface area contributed by atoms with E-state index in [0.29, 0.717) is 18.3 Å². The van der Waals surface area contributed by atoms with Crippen LogP contribution in [0.4, 0.5) is 21.5 Å². The van der Waals surface area contributed by atoms with E-state index in [0.717, 1.165) is 25.9 Å². The van der Waals surface area contributed by atoms with E-state index in [9.17, 15) is 19.3 Å². The number of rotatable bonds is 7. The molecule has 1 heterocycles. The lowest BCUT2D eigenvalue weighted by atomic mass is 10.1. The molecule has 2 N–H and O–H groups in total. The summed E-state index contributed by atoms with van der Waals surface area (Å²) in [6.07, 6.45) is 2.15. The predicted octanol–water partition coefficient (Wildman–Crippen LogP) is 3.69. The molecule has 2 aromatic carbocycles. The van der Waals surface area contributed by atoms with E-state index in [1.807, 2.05) is 0 Å². The van der Waals surface area contributed by atoms with Crippen molar-refractivity contribution >= 4 is 23.0 Å². The zero-order valence-corrected chi connectivity index (χ0v) is 15.7. The molecule has 0 saturated carbocycles. The normalized spacial score (nSPS) is 16.7. The highest BCUT2D eigenvalue weighted by molar-refractivity contribution is 5.96. The number of halogens is 1. The maximum atomic E-state index is 13.0. The van der Waals surface area contributed by atoms with Crippen molar-refractivity contribution in [1.29, 1.82) is 0 Å². The summed E-state index contributed by atoms with van der Waals surface area (Å²) >= 11 is 0. The third-order valence-corrected chi connectivity index (χ3v) is 4.98. The van der Waals surface area contributed by atoms with Crippen LogP contribution in [0.1, 0.15) is 30.1 Å². The third-order valence-electron chi connectivity index (χ3n) is 4.98. The minimum absolute atomic E-state index is 0.215. The van der Waals surface area contributed by atoms with Gasteiger partial charge in [0.1, 0.15) is 11.5 Å².